The van der Waals surface area contributed by atoms with Gasteiger partial charge in [0.25, 0.3) is 5.91 Å². The molecule has 1 N–H and O–H groups in total. The fourth-order valence-corrected chi connectivity index (χ4v) is 2.59. The van der Waals surface area contributed by atoms with Gasteiger partial charge in [0.1, 0.15) is 0 Å². The van der Waals surface area contributed by atoms with Gasteiger partial charge in [0.15, 0.2) is 0 Å². The molecule has 3 heterocycles. The number of likely N-dealkylation sites (tertiary alicyclic amines) is 1. The number of imidazole rings is 1. The third-order valence-corrected chi connectivity index (χ3v) is 3.71. The molecule has 1 aliphatic heterocycles. The number of carbonyl (C=O) groups excluding carboxylic acids is 1. The first kappa shape index (κ1) is 12.7. The average Bonchev–Trinajstić information content (AvgIpc) is 2.94. The quantitative estimate of drug-likeness (QED) is 0.894. The second-order valence-electron chi connectivity index (χ2n) is 5.07. The first-order chi connectivity index (χ1) is 9.65. The molecular formula is C14H15N3O3. The van der Waals surface area contributed by atoms with Crippen molar-refractivity contribution in [1.82, 2.24) is 14.3 Å². The lowest BCUT2D eigenvalue weighted by atomic mass is 9.98. The molecule has 1 aliphatic rings. The maximum atomic E-state index is 12.4. The third kappa shape index (κ3) is 2.24. The molecule has 0 bridgehead atoms. The van der Waals surface area contributed by atoms with Crippen molar-refractivity contribution in [3.63, 3.8) is 0 Å². The lowest BCUT2D eigenvalue weighted by molar-refractivity contribution is -0.143. The molecule has 1 saturated heterocycles. The van der Waals surface area contributed by atoms with Gasteiger partial charge >= 0.3 is 5.97 Å². The number of aromatic nitrogens is 2. The first-order valence-corrected chi connectivity index (χ1v) is 6.59. The molecule has 1 atom stereocenters. The Morgan fingerprint density at radius 3 is 3.00 bits per heavy atom. The van der Waals surface area contributed by atoms with Crippen molar-refractivity contribution in [2.24, 2.45) is 5.92 Å². The summed E-state index contributed by atoms with van der Waals surface area (Å²) in [6, 6.07) is 3.59. The molecule has 104 valence electrons. The Hall–Kier alpha value is -2.37. The van der Waals surface area contributed by atoms with Crippen molar-refractivity contribution in [2.45, 2.75) is 12.8 Å². The molecule has 0 saturated carbocycles. The highest BCUT2D eigenvalue weighted by Crippen LogP contribution is 2.19. The van der Waals surface area contributed by atoms with Crippen molar-refractivity contribution >= 4 is 17.4 Å². The van der Waals surface area contributed by atoms with E-state index in [1.54, 1.807) is 34.1 Å². The molecule has 0 aliphatic carbocycles. The largest absolute Gasteiger partial charge is 0.481 e. The van der Waals surface area contributed by atoms with Gasteiger partial charge in [-0.25, -0.2) is 4.98 Å². The molecule has 2 aromatic rings. The van der Waals surface area contributed by atoms with Crippen LogP contribution < -0.4 is 0 Å². The van der Waals surface area contributed by atoms with Gasteiger partial charge in [-0.1, -0.05) is 0 Å². The van der Waals surface area contributed by atoms with Gasteiger partial charge < -0.3 is 14.4 Å². The average molecular weight is 273 g/mol. The second-order valence-corrected chi connectivity index (χ2v) is 5.07. The van der Waals surface area contributed by atoms with Gasteiger partial charge in [-0.15, -0.1) is 0 Å². The number of aliphatic carboxylic acids is 1. The predicted molar refractivity (Wildman–Crippen MR) is 71.5 cm³/mol. The normalized spacial score (nSPS) is 19.2. The summed E-state index contributed by atoms with van der Waals surface area (Å²) in [7, 11) is 0. The number of rotatable bonds is 2. The van der Waals surface area contributed by atoms with Gasteiger partial charge in [0, 0.05) is 19.3 Å². The Balaban J connectivity index is 1.82. The minimum Gasteiger partial charge on any atom is -0.481 e. The van der Waals surface area contributed by atoms with Gasteiger partial charge in [0.2, 0.25) is 0 Å². The van der Waals surface area contributed by atoms with E-state index in [0.29, 0.717) is 18.5 Å². The highest BCUT2D eigenvalue weighted by molar-refractivity contribution is 5.94. The predicted octanol–water partition coefficient (Wildman–Crippen LogP) is 1.27. The maximum absolute atomic E-state index is 12.4. The van der Waals surface area contributed by atoms with Gasteiger partial charge in [0.05, 0.1) is 29.5 Å². The fraction of sp³-hybridized carbons (Fsp3) is 0.357. The molecule has 0 spiro atoms. The van der Waals surface area contributed by atoms with Crippen LogP contribution in [0.15, 0.2) is 30.9 Å². The lowest BCUT2D eigenvalue weighted by Crippen LogP contribution is -2.42. The SMILES string of the molecule is O=C(O)C1CCCN(C(=O)c2ccc3cncn3c2)C1. The van der Waals surface area contributed by atoms with Crippen LogP contribution in [0.2, 0.25) is 0 Å². The zero-order valence-corrected chi connectivity index (χ0v) is 10.9. The van der Waals surface area contributed by atoms with E-state index in [1.165, 1.54) is 0 Å². The molecule has 1 amide bonds. The molecule has 0 aromatic carbocycles. The minimum atomic E-state index is -0.826. The van der Waals surface area contributed by atoms with Crippen molar-refractivity contribution in [3.8, 4) is 0 Å². The van der Waals surface area contributed by atoms with E-state index in [0.717, 1.165) is 11.9 Å². The number of piperidine rings is 1. The number of carboxylic acids is 1. The number of fused-ring (bicyclic) bond motifs is 1. The van der Waals surface area contributed by atoms with Crippen LogP contribution in [0.1, 0.15) is 23.2 Å². The van der Waals surface area contributed by atoms with Gasteiger partial charge in [-0.2, -0.15) is 0 Å². The Bertz CT molecular complexity index is 664. The smallest absolute Gasteiger partial charge is 0.308 e. The van der Waals surface area contributed by atoms with Crippen molar-refractivity contribution in [2.75, 3.05) is 13.1 Å². The van der Waals surface area contributed by atoms with E-state index in [4.69, 9.17) is 5.11 Å². The highest BCUT2D eigenvalue weighted by atomic mass is 16.4. The van der Waals surface area contributed by atoms with E-state index < -0.39 is 11.9 Å². The van der Waals surface area contributed by atoms with Crippen molar-refractivity contribution in [3.05, 3.63) is 36.4 Å². The van der Waals surface area contributed by atoms with Crippen LogP contribution >= 0.6 is 0 Å². The van der Waals surface area contributed by atoms with E-state index in [-0.39, 0.29) is 12.5 Å². The maximum Gasteiger partial charge on any atom is 0.308 e. The van der Waals surface area contributed by atoms with Crippen LogP contribution in [0.3, 0.4) is 0 Å². The molecule has 6 nitrogen and oxygen atoms in total. The van der Waals surface area contributed by atoms with Gasteiger partial charge in [-0.3, -0.25) is 9.59 Å². The monoisotopic (exact) mass is 273 g/mol. The summed E-state index contributed by atoms with van der Waals surface area (Å²) in [6.45, 7) is 0.903. The van der Waals surface area contributed by atoms with Crippen LogP contribution in [0, 0.1) is 5.92 Å². The van der Waals surface area contributed by atoms with Crippen LogP contribution in [0.5, 0.6) is 0 Å². The molecule has 2 aromatic heterocycles. The third-order valence-electron chi connectivity index (χ3n) is 3.71. The summed E-state index contributed by atoms with van der Waals surface area (Å²) in [5.74, 6) is -1.40. The van der Waals surface area contributed by atoms with E-state index >= 15 is 0 Å². The number of nitrogens with zero attached hydrogens (tertiary/aromatic N) is 3. The number of pyridine rings is 1. The van der Waals surface area contributed by atoms with E-state index in [2.05, 4.69) is 4.98 Å². The summed E-state index contributed by atoms with van der Waals surface area (Å²) in [6.07, 6.45) is 6.46. The van der Waals surface area contributed by atoms with E-state index in [1.807, 2.05) is 6.07 Å². The topological polar surface area (TPSA) is 74.9 Å². The highest BCUT2D eigenvalue weighted by Gasteiger charge is 2.28. The zero-order chi connectivity index (χ0) is 14.1. The van der Waals surface area contributed by atoms with E-state index in [9.17, 15) is 9.59 Å². The number of amides is 1. The number of hydrogen-bond acceptors (Lipinski definition) is 3. The van der Waals surface area contributed by atoms with Crippen molar-refractivity contribution < 1.29 is 14.7 Å². The molecular weight excluding hydrogens is 258 g/mol. The van der Waals surface area contributed by atoms with Crippen LogP contribution in [-0.2, 0) is 4.79 Å². The standard InChI is InChI=1S/C14H15N3O3/c18-13(16-5-1-2-11(8-16)14(19)20)10-3-4-12-6-15-9-17(12)7-10/h3-4,6-7,9,11H,1-2,5,8H2,(H,19,20). The van der Waals surface area contributed by atoms with Crippen LogP contribution in [0.4, 0.5) is 0 Å². The number of carbonyl (C=O) groups is 2. The Kier molecular flexibility index (Phi) is 3.14. The summed E-state index contributed by atoms with van der Waals surface area (Å²) >= 11 is 0. The molecule has 1 fully saturated rings. The molecule has 6 heteroatoms. The lowest BCUT2D eigenvalue weighted by Gasteiger charge is -2.30. The van der Waals surface area contributed by atoms with Crippen molar-refractivity contribution in [1.29, 1.82) is 0 Å². The first-order valence-electron chi connectivity index (χ1n) is 6.59. The Morgan fingerprint density at radius 1 is 1.35 bits per heavy atom. The Morgan fingerprint density at radius 2 is 2.20 bits per heavy atom. The van der Waals surface area contributed by atoms with Gasteiger partial charge in [-0.05, 0) is 25.0 Å². The zero-order valence-electron chi connectivity index (χ0n) is 10.9. The van der Waals surface area contributed by atoms with Crippen LogP contribution in [0.25, 0.3) is 5.52 Å². The molecule has 3 rings (SSSR count). The second kappa shape index (κ2) is 4.96. The fourth-order valence-electron chi connectivity index (χ4n) is 2.59. The molecule has 0 radical (unpaired) electrons. The summed E-state index contributed by atoms with van der Waals surface area (Å²) in [5, 5.41) is 9.07. The number of hydrogen-bond donors (Lipinski definition) is 1. The number of carboxylic acid groups (broad SMARTS) is 1. The molecule has 1 unspecified atom stereocenters. The molecule has 20 heavy (non-hydrogen) atoms. The summed E-state index contributed by atoms with van der Waals surface area (Å²) in [5.41, 5.74) is 1.48. The summed E-state index contributed by atoms with van der Waals surface area (Å²) < 4.78 is 1.78. The minimum absolute atomic E-state index is 0.119. The van der Waals surface area contributed by atoms with Crippen LogP contribution in [-0.4, -0.2) is 44.4 Å². The summed E-state index contributed by atoms with van der Waals surface area (Å²) in [4.78, 5) is 29.1. The Labute approximate surface area is 115 Å².